The third-order valence-electron chi connectivity index (χ3n) is 2.43. The summed E-state index contributed by atoms with van der Waals surface area (Å²) >= 11 is 0. The minimum absolute atomic E-state index is 0.161. The van der Waals surface area contributed by atoms with Gasteiger partial charge in [0.05, 0.1) is 0 Å². The number of ether oxygens (including phenoxy) is 1. The second-order valence-corrected chi connectivity index (χ2v) is 5.03. The Morgan fingerprint density at radius 3 is 2.44 bits per heavy atom. The van der Waals surface area contributed by atoms with Crippen LogP contribution in [0.4, 0.5) is 0 Å². The molecule has 0 atom stereocenters. The van der Waals surface area contributed by atoms with Gasteiger partial charge >= 0.3 is 0 Å². The van der Waals surface area contributed by atoms with Gasteiger partial charge in [0, 0.05) is 5.92 Å². The Labute approximate surface area is 99.1 Å². The Kier molecular flexibility index (Phi) is 3.79. The number of hydrogen-bond donors (Lipinski definition) is 0. The molecule has 0 aliphatic rings. The van der Waals surface area contributed by atoms with Crippen LogP contribution in [0.2, 0.25) is 0 Å². The van der Waals surface area contributed by atoms with Gasteiger partial charge in [-0.3, -0.25) is 0 Å². The van der Waals surface area contributed by atoms with Crippen LogP contribution in [0.1, 0.15) is 38.8 Å². The topological polar surface area (TPSA) is 9.23 Å². The van der Waals surface area contributed by atoms with E-state index in [2.05, 4.69) is 47.3 Å². The molecule has 0 aromatic heterocycles. The average Bonchev–Trinajstić information content (AvgIpc) is 2.18. The molecule has 0 bridgehead atoms. The molecule has 0 saturated carbocycles. The summed E-state index contributed by atoms with van der Waals surface area (Å²) in [6, 6.07) is 6.14. The highest BCUT2D eigenvalue weighted by Gasteiger charge is 2.15. The summed E-state index contributed by atoms with van der Waals surface area (Å²) < 4.78 is 5.92. The second kappa shape index (κ2) is 4.73. The van der Waals surface area contributed by atoms with Crippen LogP contribution in [0.5, 0.6) is 5.75 Å². The van der Waals surface area contributed by atoms with Crippen LogP contribution in [-0.4, -0.2) is 5.60 Å². The predicted octanol–water partition coefficient (Wildman–Crippen LogP) is 4.30. The van der Waals surface area contributed by atoms with Crippen molar-refractivity contribution in [1.82, 2.24) is 0 Å². The third-order valence-corrected chi connectivity index (χ3v) is 2.43. The monoisotopic (exact) mass is 217 g/mol. The van der Waals surface area contributed by atoms with Crippen LogP contribution in [0.25, 0.3) is 0 Å². The molecule has 1 aromatic carbocycles. The standard InChI is InChI=1S/C15H21O/c1-7-11(2)13-9-8-10-14(12(13)3)16-15(4,5)6/h7-10H,1H2,2-6H3. The van der Waals surface area contributed by atoms with Crippen molar-refractivity contribution in [3.63, 3.8) is 0 Å². The Morgan fingerprint density at radius 1 is 1.31 bits per heavy atom. The van der Waals surface area contributed by atoms with Crippen molar-refractivity contribution in [2.75, 3.05) is 0 Å². The van der Waals surface area contributed by atoms with Gasteiger partial charge in [0.25, 0.3) is 0 Å². The van der Waals surface area contributed by atoms with Crippen LogP contribution < -0.4 is 4.74 Å². The van der Waals surface area contributed by atoms with E-state index < -0.39 is 0 Å². The first-order valence-electron chi connectivity index (χ1n) is 5.60. The van der Waals surface area contributed by atoms with Gasteiger partial charge in [0.15, 0.2) is 0 Å². The fourth-order valence-corrected chi connectivity index (χ4v) is 1.59. The first-order valence-corrected chi connectivity index (χ1v) is 5.60. The molecule has 1 aromatic rings. The van der Waals surface area contributed by atoms with Crippen molar-refractivity contribution in [2.45, 2.75) is 40.2 Å². The molecule has 1 heteroatoms. The summed E-state index contributed by atoms with van der Waals surface area (Å²) in [5.41, 5.74) is 2.22. The SMILES string of the molecule is C=C[C](C)c1cccc(OC(C)(C)C)c1C. The highest BCUT2D eigenvalue weighted by molar-refractivity contribution is 5.48. The lowest BCUT2D eigenvalue weighted by molar-refractivity contribution is 0.130. The molecular weight excluding hydrogens is 196 g/mol. The normalized spacial score (nSPS) is 11.6. The van der Waals surface area contributed by atoms with Gasteiger partial charge in [-0.15, -0.1) is 6.58 Å². The van der Waals surface area contributed by atoms with Gasteiger partial charge in [-0.1, -0.05) is 25.1 Å². The quantitative estimate of drug-likeness (QED) is 0.733. The molecule has 0 aliphatic heterocycles. The van der Waals surface area contributed by atoms with Crippen molar-refractivity contribution in [2.24, 2.45) is 0 Å². The van der Waals surface area contributed by atoms with Gasteiger partial charge in [-0.2, -0.15) is 0 Å². The van der Waals surface area contributed by atoms with Crippen molar-refractivity contribution in [3.8, 4) is 5.75 Å². The average molecular weight is 217 g/mol. The number of allylic oxidation sites excluding steroid dienone is 1. The smallest absolute Gasteiger partial charge is 0.123 e. The summed E-state index contributed by atoms with van der Waals surface area (Å²) in [5.74, 6) is 2.13. The molecule has 0 spiro atoms. The lowest BCUT2D eigenvalue weighted by Gasteiger charge is -2.24. The van der Waals surface area contributed by atoms with Gasteiger partial charge in [0.2, 0.25) is 0 Å². The molecule has 0 amide bonds. The van der Waals surface area contributed by atoms with Crippen LogP contribution in [0.3, 0.4) is 0 Å². The van der Waals surface area contributed by atoms with Crippen molar-refractivity contribution >= 4 is 0 Å². The number of hydrogen-bond acceptors (Lipinski definition) is 1. The van der Waals surface area contributed by atoms with E-state index in [-0.39, 0.29) is 5.60 Å². The van der Waals surface area contributed by atoms with E-state index in [1.807, 2.05) is 18.2 Å². The molecular formula is C15H21O. The van der Waals surface area contributed by atoms with Gasteiger partial charge in [-0.25, -0.2) is 0 Å². The highest BCUT2D eigenvalue weighted by Crippen LogP contribution is 2.29. The van der Waals surface area contributed by atoms with Crippen LogP contribution in [0, 0.1) is 12.8 Å². The third kappa shape index (κ3) is 3.13. The lowest BCUT2D eigenvalue weighted by Crippen LogP contribution is -2.23. The molecule has 1 radical (unpaired) electrons. The van der Waals surface area contributed by atoms with Crippen molar-refractivity contribution in [3.05, 3.63) is 47.9 Å². The molecule has 87 valence electrons. The Hall–Kier alpha value is -1.24. The zero-order valence-corrected chi connectivity index (χ0v) is 10.9. The summed E-state index contributed by atoms with van der Waals surface area (Å²) in [4.78, 5) is 0. The van der Waals surface area contributed by atoms with E-state index in [0.29, 0.717) is 0 Å². The fraction of sp³-hybridized carbons (Fsp3) is 0.400. The minimum atomic E-state index is -0.161. The van der Waals surface area contributed by atoms with Gasteiger partial charge in [-0.05, 0) is 44.9 Å². The van der Waals surface area contributed by atoms with E-state index in [1.165, 1.54) is 17.0 Å². The largest absolute Gasteiger partial charge is 0.488 e. The van der Waals surface area contributed by atoms with Crippen LogP contribution >= 0.6 is 0 Å². The zero-order valence-electron chi connectivity index (χ0n) is 10.9. The number of rotatable bonds is 3. The maximum absolute atomic E-state index is 5.92. The summed E-state index contributed by atoms with van der Waals surface area (Å²) in [7, 11) is 0. The molecule has 0 fully saturated rings. The van der Waals surface area contributed by atoms with Gasteiger partial charge < -0.3 is 4.74 Å². The molecule has 0 aliphatic carbocycles. The Bertz CT molecular complexity index is 372. The van der Waals surface area contributed by atoms with Crippen molar-refractivity contribution in [1.29, 1.82) is 0 Å². The minimum Gasteiger partial charge on any atom is -0.488 e. The first-order chi connectivity index (χ1) is 7.35. The van der Waals surface area contributed by atoms with E-state index in [4.69, 9.17) is 4.74 Å². The van der Waals surface area contributed by atoms with Crippen LogP contribution in [-0.2, 0) is 0 Å². The summed E-state index contributed by atoms with van der Waals surface area (Å²) in [6.07, 6.45) is 1.88. The second-order valence-electron chi connectivity index (χ2n) is 5.03. The predicted molar refractivity (Wildman–Crippen MR) is 69.8 cm³/mol. The highest BCUT2D eigenvalue weighted by atomic mass is 16.5. The fourth-order valence-electron chi connectivity index (χ4n) is 1.59. The molecule has 0 saturated heterocycles. The van der Waals surface area contributed by atoms with Crippen LogP contribution in [0.15, 0.2) is 30.9 Å². The number of benzene rings is 1. The van der Waals surface area contributed by atoms with E-state index in [1.54, 1.807) is 0 Å². The molecule has 0 heterocycles. The Balaban J connectivity index is 3.09. The summed E-state index contributed by atoms with van der Waals surface area (Å²) in [6.45, 7) is 14.1. The molecule has 1 nitrogen and oxygen atoms in total. The maximum Gasteiger partial charge on any atom is 0.123 e. The maximum atomic E-state index is 5.92. The molecule has 16 heavy (non-hydrogen) atoms. The molecule has 0 unspecified atom stereocenters. The van der Waals surface area contributed by atoms with E-state index in [9.17, 15) is 0 Å². The Morgan fingerprint density at radius 2 is 1.94 bits per heavy atom. The first kappa shape index (κ1) is 12.8. The van der Waals surface area contributed by atoms with Gasteiger partial charge in [0.1, 0.15) is 11.4 Å². The van der Waals surface area contributed by atoms with E-state index in [0.717, 1.165) is 5.75 Å². The lowest BCUT2D eigenvalue weighted by atomic mass is 9.96. The van der Waals surface area contributed by atoms with E-state index >= 15 is 0 Å². The molecule has 1 rings (SSSR count). The van der Waals surface area contributed by atoms with Crippen molar-refractivity contribution < 1.29 is 4.74 Å². The zero-order chi connectivity index (χ0) is 12.3. The summed E-state index contributed by atoms with van der Waals surface area (Å²) in [5, 5.41) is 0. The molecule has 0 N–H and O–H groups in total.